The van der Waals surface area contributed by atoms with Gasteiger partial charge in [0.2, 0.25) is 16.1 Å². The van der Waals surface area contributed by atoms with Crippen molar-refractivity contribution in [3.05, 3.63) is 136 Å². The monoisotopic (exact) mass is 1190 g/mol. The van der Waals surface area contributed by atoms with Crippen molar-refractivity contribution in [1.29, 1.82) is 0 Å². The lowest BCUT2D eigenvalue weighted by Gasteiger charge is -2.28. The molecule has 0 amide bonds. The van der Waals surface area contributed by atoms with Crippen molar-refractivity contribution in [2.24, 2.45) is 0 Å². The van der Waals surface area contributed by atoms with Gasteiger partial charge in [-0.05, 0) is 73.6 Å². The van der Waals surface area contributed by atoms with Crippen molar-refractivity contribution in [1.82, 2.24) is 68.7 Å². The number of ether oxygens (including phenoxy) is 4. The molecule has 4 saturated heterocycles. The summed E-state index contributed by atoms with van der Waals surface area (Å²) in [4.78, 5) is 78.7. The van der Waals surface area contributed by atoms with Gasteiger partial charge in [-0.3, -0.25) is 19.2 Å². The number of hydrogen-bond acceptors (Lipinski definition) is 26. The molecule has 4 aliphatic heterocycles. The van der Waals surface area contributed by atoms with E-state index in [0.717, 1.165) is 79.3 Å². The zero-order valence-corrected chi connectivity index (χ0v) is 49.5. The molecule has 4 fully saturated rings. The first-order valence-electron chi connectivity index (χ1n) is 27.2. The Morgan fingerprint density at radius 1 is 0.405 bits per heavy atom. The molecule has 12 heterocycles. The van der Waals surface area contributed by atoms with E-state index in [1.54, 1.807) is 52.2 Å². The minimum absolute atomic E-state index is 0.0903. The van der Waals surface area contributed by atoms with Crippen molar-refractivity contribution < 1.29 is 27.9 Å². The lowest BCUT2D eigenvalue weighted by atomic mass is 10.2. The number of fused-ring (bicyclic) bond motifs is 1. The Morgan fingerprint density at radius 3 is 1.37 bits per heavy atom. The van der Waals surface area contributed by atoms with Gasteiger partial charge in [-0.15, -0.1) is 10.2 Å². The van der Waals surface area contributed by atoms with Crippen molar-refractivity contribution in [2.75, 3.05) is 125 Å². The number of nitrogens with zero attached hydrogens (tertiary/aromatic N) is 18. The molecule has 1 aromatic carbocycles. The lowest BCUT2D eigenvalue weighted by Crippen LogP contribution is -2.36. The normalized spacial score (nSPS) is 15.5. The maximum absolute atomic E-state index is 12.3. The molecule has 0 N–H and O–H groups in total. The van der Waals surface area contributed by atoms with Gasteiger partial charge in [0.15, 0.2) is 10.9 Å². The molecule has 9 aromatic rings. The second-order valence-electron chi connectivity index (χ2n) is 19.8. The first-order valence-corrected chi connectivity index (χ1v) is 28.9. The minimum atomic E-state index is -0.229. The van der Waals surface area contributed by atoms with Gasteiger partial charge in [-0.2, -0.15) is 0 Å². The highest BCUT2D eigenvalue weighted by Crippen LogP contribution is 2.30. The highest BCUT2D eigenvalue weighted by Gasteiger charge is 2.23. The Bertz CT molecular complexity index is 3710. The van der Waals surface area contributed by atoms with Crippen LogP contribution in [0.25, 0.3) is 32.4 Å². The molecule has 30 heteroatoms. The van der Waals surface area contributed by atoms with Gasteiger partial charge in [0.05, 0.1) is 63.1 Å². The molecule has 28 nitrogen and oxygen atoms in total. The molecular weight excluding hydrogens is 1120 g/mol. The fourth-order valence-corrected chi connectivity index (χ4v) is 11.6. The number of aryl methyl sites for hydroxylation is 8. The van der Waals surface area contributed by atoms with E-state index >= 15 is 0 Å². The predicted octanol–water partition coefficient (Wildman–Crippen LogP) is 3.58. The molecule has 0 spiro atoms. The summed E-state index contributed by atoms with van der Waals surface area (Å²) >= 11 is 2.91. The van der Waals surface area contributed by atoms with Gasteiger partial charge >= 0.3 is 12.0 Å². The van der Waals surface area contributed by atoms with Crippen LogP contribution in [0.2, 0.25) is 0 Å². The highest BCUT2D eigenvalue weighted by molar-refractivity contribution is 7.20. The zero-order valence-electron chi connectivity index (χ0n) is 47.9. The molecule has 0 bridgehead atoms. The van der Waals surface area contributed by atoms with Crippen molar-refractivity contribution >= 4 is 55.5 Å². The average Bonchev–Trinajstić information content (AvgIpc) is 4.34. The molecule has 442 valence electrons. The lowest BCUT2D eigenvalue weighted by molar-refractivity contribution is 0.120. The Hall–Kier alpha value is -8.42. The molecule has 0 unspecified atom stereocenters. The van der Waals surface area contributed by atoms with E-state index in [1.807, 2.05) is 24.8 Å². The van der Waals surface area contributed by atoms with Gasteiger partial charge in [0.1, 0.15) is 23.3 Å². The summed E-state index contributed by atoms with van der Waals surface area (Å²) in [5, 5.41) is 22.3. The van der Waals surface area contributed by atoms with Crippen LogP contribution in [0.5, 0.6) is 0 Å². The quantitative estimate of drug-likeness (QED) is 0.210. The molecule has 0 saturated carbocycles. The molecule has 84 heavy (non-hydrogen) atoms. The van der Waals surface area contributed by atoms with Gasteiger partial charge in [-0.1, -0.05) is 38.0 Å². The number of rotatable bonds is 8. The van der Waals surface area contributed by atoms with Crippen LogP contribution < -0.4 is 41.8 Å². The predicted molar refractivity (Wildman–Crippen MR) is 314 cm³/mol. The van der Waals surface area contributed by atoms with Crippen LogP contribution in [0.4, 0.5) is 22.7 Å². The summed E-state index contributed by atoms with van der Waals surface area (Å²) in [5.41, 5.74) is 4.25. The van der Waals surface area contributed by atoms with Gasteiger partial charge in [-0.25, -0.2) is 43.2 Å². The molecule has 4 aliphatic rings. The third-order valence-corrected chi connectivity index (χ3v) is 15.6. The van der Waals surface area contributed by atoms with E-state index in [1.165, 1.54) is 66.3 Å². The molecule has 0 aliphatic carbocycles. The van der Waals surface area contributed by atoms with Crippen LogP contribution >= 0.6 is 22.7 Å². The smallest absolute Gasteiger partial charge is 0.332 e. The molecule has 13 rings (SSSR count). The number of anilines is 4. The standard InChI is InChI=1S/C17H18N4O2S.C13H16N4O3.C12H15N5O3.C12H15N5O2S/c1-11-9-16(22)21(12(2)18-11)17-19-14-4-3-13(10-15(14)24-17)20-5-7-23-8-6-20;1-9-7-12(18)17(10(2)14-9)13-8-11(15-20-13)16-3-5-19-6-4-16;2*1-8-7-10(18)17(9(2)13-8)12-15-14-11(20-12)16-3-5-19-6-4-16/h3-4,9-10H,5-8H2,1-2H3;7-8H,3-6H2,1-2H3;2*7H,3-6H2,1-2H3. The summed E-state index contributed by atoms with van der Waals surface area (Å²) in [7, 11) is 0. The van der Waals surface area contributed by atoms with E-state index in [9.17, 15) is 19.2 Å². The van der Waals surface area contributed by atoms with Crippen LogP contribution in [0, 0.1) is 55.4 Å². The number of hydrogen-bond donors (Lipinski definition) is 0. The third-order valence-electron chi connectivity index (χ3n) is 13.6. The van der Waals surface area contributed by atoms with Crippen LogP contribution in [0.15, 0.2) is 76.6 Å². The zero-order chi connectivity index (χ0) is 59.0. The number of benzene rings is 1. The van der Waals surface area contributed by atoms with Crippen molar-refractivity contribution in [2.45, 2.75) is 55.4 Å². The van der Waals surface area contributed by atoms with Crippen LogP contribution in [-0.4, -0.2) is 174 Å². The topological polar surface area (TPSA) is 293 Å². The Labute approximate surface area is 488 Å². The molecule has 0 radical (unpaired) electrons. The first-order chi connectivity index (χ1) is 40.6. The number of morpholine rings is 4. The van der Waals surface area contributed by atoms with Crippen LogP contribution in [0.1, 0.15) is 46.1 Å². The summed E-state index contributed by atoms with van der Waals surface area (Å²) in [6.45, 7) is 26.2. The van der Waals surface area contributed by atoms with Gasteiger partial charge in [0.25, 0.3) is 22.2 Å². The fourth-order valence-electron chi connectivity index (χ4n) is 9.61. The molecule has 8 aromatic heterocycles. The second-order valence-corrected chi connectivity index (χ2v) is 21.7. The van der Waals surface area contributed by atoms with E-state index in [4.69, 9.17) is 27.9 Å². The van der Waals surface area contributed by atoms with E-state index < -0.39 is 0 Å². The summed E-state index contributed by atoms with van der Waals surface area (Å²) in [5.74, 6) is 3.50. The Kier molecular flexibility index (Phi) is 18.5. The maximum Gasteiger partial charge on any atom is 0.332 e. The first kappa shape index (κ1) is 58.8. The second kappa shape index (κ2) is 26.4. The van der Waals surface area contributed by atoms with Crippen molar-refractivity contribution in [3.63, 3.8) is 0 Å². The SMILES string of the molecule is Cc1cc(=O)n(-c2cc(N3CCOCC3)no2)c(C)n1.Cc1cc(=O)n(-c2nc3ccc(N4CCOCC4)cc3s2)c(C)n1.Cc1cc(=O)n(-c2nnc(N3CCOCC3)o2)c(C)n1.Cc1cc(=O)n(-c2nnc(N3CCOCC3)s2)c(C)n1. The van der Waals surface area contributed by atoms with Crippen LogP contribution in [0.3, 0.4) is 0 Å². The van der Waals surface area contributed by atoms with E-state index in [0.29, 0.717) is 115 Å². The van der Waals surface area contributed by atoms with Crippen LogP contribution in [-0.2, 0) is 18.9 Å². The minimum Gasteiger partial charge on any atom is -0.389 e. The third kappa shape index (κ3) is 13.8. The summed E-state index contributed by atoms with van der Waals surface area (Å²) < 4.78 is 39.0. The van der Waals surface area contributed by atoms with E-state index in [2.05, 4.69) is 77.3 Å². The number of thiazole rings is 1. The fraction of sp³-hybridized carbons (Fsp3) is 0.444. The summed E-state index contributed by atoms with van der Waals surface area (Å²) in [6, 6.07) is 14.5. The maximum atomic E-state index is 12.3. The largest absolute Gasteiger partial charge is 0.389 e. The van der Waals surface area contributed by atoms with Gasteiger partial charge < -0.3 is 47.5 Å². The van der Waals surface area contributed by atoms with Crippen molar-refractivity contribution in [3.8, 4) is 22.2 Å². The molecular formula is C54H64N18O10S2. The Balaban J connectivity index is 0.000000125. The highest BCUT2D eigenvalue weighted by atomic mass is 32.1. The molecule has 0 atom stereocenters. The average molecular weight is 1190 g/mol. The van der Waals surface area contributed by atoms with E-state index in [-0.39, 0.29) is 28.3 Å². The Morgan fingerprint density at radius 2 is 0.845 bits per heavy atom. The number of aromatic nitrogens is 14. The van der Waals surface area contributed by atoms with Gasteiger partial charge in [0, 0.05) is 111 Å². The summed E-state index contributed by atoms with van der Waals surface area (Å²) in [6.07, 6.45) is 0.